The normalized spacial score (nSPS) is 23.3. The van der Waals surface area contributed by atoms with Crippen LogP contribution in [0, 0.1) is 12.8 Å². The van der Waals surface area contributed by atoms with Crippen molar-refractivity contribution in [3.05, 3.63) is 11.3 Å². The second kappa shape index (κ2) is 6.25. The Morgan fingerprint density at radius 1 is 1.29 bits per heavy atom. The second-order valence-corrected chi connectivity index (χ2v) is 5.67. The number of methoxy groups -OCH3 is 1. The Kier molecular flexibility index (Phi) is 4.81. The number of nitrogens with zero attached hydrogens (tertiary/aromatic N) is 2. The molecule has 0 aliphatic heterocycles. The molecule has 0 spiro atoms. The molecule has 2 rings (SSSR count). The van der Waals surface area contributed by atoms with Gasteiger partial charge in [0.05, 0.1) is 24.3 Å². The number of aryl methyl sites for hydroxylation is 2. The van der Waals surface area contributed by atoms with Crippen molar-refractivity contribution in [3.63, 3.8) is 0 Å². The van der Waals surface area contributed by atoms with Gasteiger partial charge in [0.25, 0.3) is 0 Å². The lowest BCUT2D eigenvalue weighted by Gasteiger charge is -2.30. The molecule has 1 aromatic rings. The Labute approximate surface area is 122 Å². The summed E-state index contributed by atoms with van der Waals surface area (Å²) in [6.45, 7) is 2.48. The summed E-state index contributed by atoms with van der Waals surface area (Å²) in [5, 5.41) is 7.63. The zero-order chi connectivity index (χ0) is 15.6. The topological polar surface area (TPSA) is 39.1 Å². The first-order valence-electron chi connectivity index (χ1n) is 7.19. The van der Waals surface area contributed by atoms with Crippen molar-refractivity contribution in [1.82, 2.24) is 15.1 Å². The van der Waals surface area contributed by atoms with Gasteiger partial charge in [0.2, 0.25) is 5.88 Å². The van der Waals surface area contributed by atoms with Gasteiger partial charge >= 0.3 is 6.18 Å². The summed E-state index contributed by atoms with van der Waals surface area (Å²) in [7, 11) is 3.40. The average molecular weight is 305 g/mol. The van der Waals surface area contributed by atoms with Gasteiger partial charge in [-0.2, -0.15) is 18.3 Å². The highest BCUT2D eigenvalue weighted by Gasteiger charge is 2.41. The van der Waals surface area contributed by atoms with Crippen molar-refractivity contribution in [3.8, 4) is 5.88 Å². The molecule has 0 bridgehead atoms. The minimum Gasteiger partial charge on any atom is -0.481 e. The predicted octanol–water partition coefficient (Wildman–Crippen LogP) is 2.95. The number of hydrogen-bond donors (Lipinski definition) is 1. The third-order valence-corrected chi connectivity index (χ3v) is 4.24. The summed E-state index contributed by atoms with van der Waals surface area (Å²) in [6, 6.07) is 0.132. The number of ether oxygens (including phenoxy) is 1. The van der Waals surface area contributed by atoms with E-state index in [9.17, 15) is 13.2 Å². The fraction of sp³-hybridized carbons (Fsp3) is 0.786. The van der Waals surface area contributed by atoms with Crippen molar-refractivity contribution in [2.75, 3.05) is 7.11 Å². The van der Waals surface area contributed by atoms with E-state index in [1.54, 1.807) is 11.8 Å². The standard InChI is InChI=1S/C14H22F3N3O/c1-9-12(13(21-3)20(2)19-9)8-18-11-6-4-10(5-7-11)14(15,16)17/h10-11,18H,4-8H2,1-3H3. The third-order valence-electron chi connectivity index (χ3n) is 4.24. The molecule has 0 saturated heterocycles. The van der Waals surface area contributed by atoms with Gasteiger partial charge in [0, 0.05) is 19.6 Å². The van der Waals surface area contributed by atoms with Gasteiger partial charge in [0.1, 0.15) is 0 Å². The van der Waals surface area contributed by atoms with Crippen LogP contribution >= 0.6 is 0 Å². The number of rotatable bonds is 4. The lowest BCUT2D eigenvalue weighted by atomic mass is 9.85. The summed E-state index contributed by atoms with van der Waals surface area (Å²) in [6.07, 6.45) is -2.50. The SMILES string of the molecule is COc1c(CNC2CCC(C(F)(F)F)CC2)c(C)nn1C. The summed E-state index contributed by atoms with van der Waals surface area (Å²) < 4.78 is 44.9. The molecule has 0 radical (unpaired) electrons. The summed E-state index contributed by atoms with van der Waals surface area (Å²) in [5.41, 5.74) is 1.85. The number of alkyl halides is 3. The minimum atomic E-state index is -4.05. The smallest absolute Gasteiger partial charge is 0.391 e. The van der Waals surface area contributed by atoms with Crippen molar-refractivity contribution < 1.29 is 17.9 Å². The van der Waals surface area contributed by atoms with Crippen LogP contribution in [0.3, 0.4) is 0 Å². The lowest BCUT2D eigenvalue weighted by molar-refractivity contribution is -0.182. The van der Waals surface area contributed by atoms with E-state index < -0.39 is 12.1 Å². The number of aromatic nitrogens is 2. The van der Waals surface area contributed by atoms with E-state index in [-0.39, 0.29) is 18.9 Å². The van der Waals surface area contributed by atoms with E-state index in [1.165, 1.54) is 0 Å². The van der Waals surface area contributed by atoms with Gasteiger partial charge in [-0.25, -0.2) is 4.68 Å². The molecule has 0 atom stereocenters. The van der Waals surface area contributed by atoms with Crippen LogP contribution in [0.15, 0.2) is 0 Å². The van der Waals surface area contributed by atoms with Gasteiger partial charge < -0.3 is 10.1 Å². The number of nitrogens with one attached hydrogen (secondary N) is 1. The molecule has 120 valence electrons. The maximum absolute atomic E-state index is 12.6. The first kappa shape index (κ1) is 16.1. The van der Waals surface area contributed by atoms with Gasteiger partial charge in [-0.05, 0) is 32.6 Å². The van der Waals surface area contributed by atoms with Crippen molar-refractivity contribution in [2.24, 2.45) is 13.0 Å². The molecule has 1 heterocycles. The molecule has 4 nitrogen and oxygen atoms in total. The maximum Gasteiger partial charge on any atom is 0.391 e. The van der Waals surface area contributed by atoms with E-state index in [2.05, 4.69) is 10.4 Å². The number of halogens is 3. The molecule has 1 fully saturated rings. The van der Waals surface area contributed by atoms with Crippen LogP contribution < -0.4 is 10.1 Å². The first-order valence-corrected chi connectivity index (χ1v) is 7.19. The van der Waals surface area contributed by atoms with Crippen LogP contribution in [-0.2, 0) is 13.6 Å². The highest BCUT2D eigenvalue weighted by Crippen LogP contribution is 2.37. The average Bonchev–Trinajstić information content (AvgIpc) is 2.69. The van der Waals surface area contributed by atoms with E-state index >= 15 is 0 Å². The van der Waals surface area contributed by atoms with Crippen LogP contribution in [0.1, 0.15) is 36.9 Å². The van der Waals surface area contributed by atoms with Gasteiger partial charge in [0.15, 0.2) is 0 Å². The highest BCUT2D eigenvalue weighted by atomic mass is 19.4. The van der Waals surface area contributed by atoms with Gasteiger partial charge in [-0.15, -0.1) is 0 Å². The zero-order valence-electron chi connectivity index (χ0n) is 12.6. The summed E-state index contributed by atoms with van der Waals surface area (Å²) in [5.74, 6) is -0.436. The Bertz CT molecular complexity index is 477. The van der Waals surface area contributed by atoms with E-state index in [4.69, 9.17) is 4.74 Å². The Morgan fingerprint density at radius 3 is 2.43 bits per heavy atom. The first-order chi connectivity index (χ1) is 9.82. The summed E-state index contributed by atoms with van der Waals surface area (Å²) >= 11 is 0. The largest absolute Gasteiger partial charge is 0.481 e. The Hall–Kier alpha value is -1.24. The third kappa shape index (κ3) is 3.70. The molecule has 1 aliphatic carbocycles. The zero-order valence-corrected chi connectivity index (χ0v) is 12.6. The fourth-order valence-electron chi connectivity index (χ4n) is 3.01. The van der Waals surface area contributed by atoms with E-state index in [0.29, 0.717) is 25.3 Å². The Balaban J connectivity index is 1.88. The van der Waals surface area contributed by atoms with Gasteiger partial charge in [-0.1, -0.05) is 0 Å². The molecule has 0 aromatic carbocycles. The van der Waals surface area contributed by atoms with Crippen molar-refractivity contribution in [2.45, 2.75) is 51.4 Å². The van der Waals surface area contributed by atoms with Crippen LogP contribution in [0.5, 0.6) is 5.88 Å². The lowest BCUT2D eigenvalue weighted by Crippen LogP contribution is -2.36. The highest BCUT2D eigenvalue weighted by molar-refractivity contribution is 5.30. The molecule has 1 saturated carbocycles. The second-order valence-electron chi connectivity index (χ2n) is 5.67. The molecule has 0 amide bonds. The molecule has 1 N–H and O–H groups in total. The van der Waals surface area contributed by atoms with Crippen LogP contribution in [0.25, 0.3) is 0 Å². The van der Waals surface area contributed by atoms with Crippen LogP contribution in [0.2, 0.25) is 0 Å². The maximum atomic E-state index is 12.6. The summed E-state index contributed by atoms with van der Waals surface area (Å²) in [4.78, 5) is 0. The predicted molar refractivity (Wildman–Crippen MR) is 73.1 cm³/mol. The van der Waals surface area contributed by atoms with Crippen molar-refractivity contribution in [1.29, 1.82) is 0 Å². The fourth-order valence-corrected chi connectivity index (χ4v) is 3.01. The number of hydrogen-bond acceptors (Lipinski definition) is 3. The molecule has 1 aliphatic rings. The minimum absolute atomic E-state index is 0.132. The Morgan fingerprint density at radius 2 is 1.90 bits per heavy atom. The van der Waals surface area contributed by atoms with Crippen LogP contribution in [0.4, 0.5) is 13.2 Å². The molecular weight excluding hydrogens is 283 g/mol. The quantitative estimate of drug-likeness (QED) is 0.929. The molecule has 7 heteroatoms. The molecular formula is C14H22F3N3O. The molecule has 0 unspecified atom stereocenters. The van der Waals surface area contributed by atoms with E-state index in [0.717, 1.165) is 11.3 Å². The van der Waals surface area contributed by atoms with Crippen molar-refractivity contribution >= 4 is 0 Å². The van der Waals surface area contributed by atoms with Gasteiger partial charge in [-0.3, -0.25) is 0 Å². The van der Waals surface area contributed by atoms with E-state index in [1.807, 2.05) is 14.0 Å². The van der Waals surface area contributed by atoms with Crippen LogP contribution in [-0.4, -0.2) is 29.1 Å². The molecule has 1 aromatic heterocycles. The monoisotopic (exact) mass is 305 g/mol. The molecule has 21 heavy (non-hydrogen) atoms.